The SMILES string of the molecule is COCC(Nc1ncnc2nc[nH]c12)c1cccc(C(F)(F)F)c1. The summed E-state index contributed by atoms with van der Waals surface area (Å²) in [6, 6.07) is 4.59. The summed E-state index contributed by atoms with van der Waals surface area (Å²) in [5, 5.41) is 3.09. The van der Waals surface area contributed by atoms with E-state index in [1.807, 2.05) is 0 Å². The second-order valence-corrected chi connectivity index (χ2v) is 5.10. The van der Waals surface area contributed by atoms with Gasteiger partial charge in [0.1, 0.15) is 11.8 Å². The quantitative estimate of drug-likeness (QED) is 0.748. The number of nitrogens with zero attached hydrogens (tertiary/aromatic N) is 3. The van der Waals surface area contributed by atoms with Gasteiger partial charge in [0, 0.05) is 7.11 Å². The zero-order valence-corrected chi connectivity index (χ0v) is 12.6. The van der Waals surface area contributed by atoms with Crippen molar-refractivity contribution in [3.05, 3.63) is 48.0 Å². The third-order valence-electron chi connectivity index (χ3n) is 3.48. The summed E-state index contributed by atoms with van der Waals surface area (Å²) in [7, 11) is 1.48. The van der Waals surface area contributed by atoms with Gasteiger partial charge in [-0.3, -0.25) is 0 Å². The lowest BCUT2D eigenvalue weighted by atomic mass is 10.0. The Balaban J connectivity index is 1.94. The van der Waals surface area contributed by atoms with E-state index in [-0.39, 0.29) is 6.61 Å². The van der Waals surface area contributed by atoms with Crippen molar-refractivity contribution in [3.8, 4) is 0 Å². The Labute approximate surface area is 135 Å². The zero-order valence-electron chi connectivity index (χ0n) is 12.6. The number of hydrogen-bond acceptors (Lipinski definition) is 5. The van der Waals surface area contributed by atoms with Crippen LogP contribution in [0.2, 0.25) is 0 Å². The van der Waals surface area contributed by atoms with Gasteiger partial charge in [-0.15, -0.1) is 0 Å². The van der Waals surface area contributed by atoms with Crippen LogP contribution in [-0.2, 0) is 10.9 Å². The molecule has 0 aliphatic heterocycles. The number of alkyl halides is 3. The molecule has 2 aromatic heterocycles. The van der Waals surface area contributed by atoms with Crippen LogP contribution in [-0.4, -0.2) is 33.7 Å². The van der Waals surface area contributed by atoms with Crippen LogP contribution in [0.1, 0.15) is 17.2 Å². The van der Waals surface area contributed by atoms with Crippen LogP contribution in [0, 0.1) is 0 Å². The van der Waals surface area contributed by atoms with Crippen molar-refractivity contribution in [1.29, 1.82) is 0 Å². The second kappa shape index (κ2) is 6.44. The average molecular weight is 337 g/mol. The number of halogens is 3. The molecule has 0 saturated heterocycles. The number of aromatic amines is 1. The van der Waals surface area contributed by atoms with Crippen molar-refractivity contribution in [1.82, 2.24) is 19.9 Å². The second-order valence-electron chi connectivity index (χ2n) is 5.10. The molecule has 0 amide bonds. The third kappa shape index (κ3) is 3.30. The molecule has 24 heavy (non-hydrogen) atoms. The maximum absolute atomic E-state index is 12.9. The van der Waals surface area contributed by atoms with Crippen molar-refractivity contribution < 1.29 is 17.9 Å². The van der Waals surface area contributed by atoms with Crippen LogP contribution in [0.15, 0.2) is 36.9 Å². The summed E-state index contributed by atoms with van der Waals surface area (Å²) in [5.74, 6) is 0.442. The van der Waals surface area contributed by atoms with Crippen LogP contribution in [0.3, 0.4) is 0 Å². The molecule has 0 spiro atoms. The van der Waals surface area contributed by atoms with Gasteiger partial charge in [-0.2, -0.15) is 13.2 Å². The van der Waals surface area contributed by atoms with Crippen LogP contribution in [0.25, 0.3) is 11.2 Å². The highest BCUT2D eigenvalue weighted by Gasteiger charge is 2.31. The van der Waals surface area contributed by atoms with Gasteiger partial charge >= 0.3 is 6.18 Å². The number of ether oxygens (including phenoxy) is 1. The minimum atomic E-state index is -4.40. The number of imidazole rings is 1. The van der Waals surface area contributed by atoms with Gasteiger partial charge in [0.15, 0.2) is 11.5 Å². The van der Waals surface area contributed by atoms with Crippen LogP contribution < -0.4 is 5.32 Å². The first-order chi connectivity index (χ1) is 11.5. The number of methoxy groups -OCH3 is 1. The maximum atomic E-state index is 12.9. The molecule has 0 aliphatic rings. The van der Waals surface area contributed by atoms with Gasteiger partial charge in [-0.25, -0.2) is 15.0 Å². The Morgan fingerprint density at radius 3 is 2.83 bits per heavy atom. The highest BCUT2D eigenvalue weighted by molar-refractivity contribution is 5.82. The molecule has 126 valence electrons. The van der Waals surface area contributed by atoms with E-state index in [1.165, 1.54) is 25.8 Å². The fourth-order valence-corrected chi connectivity index (χ4v) is 2.36. The number of H-pyrrole nitrogens is 1. The molecule has 0 saturated carbocycles. The fourth-order valence-electron chi connectivity index (χ4n) is 2.36. The standard InChI is InChI=1S/C15H14F3N5O/c1-24-6-11(9-3-2-4-10(5-9)15(16,17)18)23-14-12-13(20-7-19-12)21-8-22-14/h2-5,7-8,11H,6H2,1H3,(H2,19,20,21,22,23). The van der Waals surface area contributed by atoms with Gasteiger partial charge in [0.25, 0.3) is 0 Å². The van der Waals surface area contributed by atoms with Crippen LogP contribution in [0.4, 0.5) is 19.0 Å². The summed E-state index contributed by atoms with van der Waals surface area (Å²) in [6.45, 7) is 0.168. The van der Waals surface area contributed by atoms with E-state index in [2.05, 4.69) is 25.3 Å². The van der Waals surface area contributed by atoms with Gasteiger partial charge < -0.3 is 15.0 Å². The highest BCUT2D eigenvalue weighted by Crippen LogP contribution is 2.31. The number of hydrogen-bond donors (Lipinski definition) is 2. The normalized spacial score (nSPS) is 13.2. The lowest BCUT2D eigenvalue weighted by molar-refractivity contribution is -0.137. The van der Waals surface area contributed by atoms with E-state index in [0.717, 1.165) is 12.1 Å². The maximum Gasteiger partial charge on any atom is 0.416 e. The van der Waals surface area contributed by atoms with E-state index in [1.54, 1.807) is 6.07 Å². The highest BCUT2D eigenvalue weighted by atomic mass is 19.4. The molecule has 2 heterocycles. The summed E-state index contributed by atoms with van der Waals surface area (Å²) < 4.78 is 43.9. The van der Waals surface area contributed by atoms with Crippen molar-refractivity contribution >= 4 is 17.0 Å². The Morgan fingerprint density at radius 2 is 2.08 bits per heavy atom. The van der Waals surface area contributed by atoms with E-state index < -0.39 is 17.8 Å². The summed E-state index contributed by atoms with van der Waals surface area (Å²) in [5.41, 5.74) is 0.772. The van der Waals surface area contributed by atoms with Gasteiger partial charge in [-0.05, 0) is 17.7 Å². The molecule has 9 heteroatoms. The number of anilines is 1. The molecule has 2 N–H and O–H groups in total. The molecule has 3 rings (SSSR count). The smallest absolute Gasteiger partial charge is 0.382 e. The molecule has 0 radical (unpaired) electrons. The Kier molecular flexibility index (Phi) is 4.34. The molecule has 0 bridgehead atoms. The number of rotatable bonds is 5. The van der Waals surface area contributed by atoms with Crippen molar-refractivity contribution in [2.24, 2.45) is 0 Å². The third-order valence-corrected chi connectivity index (χ3v) is 3.48. The Hall–Kier alpha value is -2.68. The van der Waals surface area contributed by atoms with E-state index in [9.17, 15) is 13.2 Å². The number of nitrogens with one attached hydrogen (secondary N) is 2. The topological polar surface area (TPSA) is 75.7 Å². The van der Waals surface area contributed by atoms with Gasteiger partial charge in [0.2, 0.25) is 0 Å². The molecular weight excluding hydrogens is 323 g/mol. The number of benzene rings is 1. The molecule has 1 atom stereocenters. The molecule has 1 aromatic carbocycles. The molecular formula is C15H14F3N5O. The number of aromatic nitrogens is 4. The average Bonchev–Trinajstić information content (AvgIpc) is 3.03. The first-order valence-electron chi connectivity index (χ1n) is 7.05. The monoisotopic (exact) mass is 337 g/mol. The minimum Gasteiger partial charge on any atom is -0.382 e. The summed E-state index contributed by atoms with van der Waals surface area (Å²) in [6.07, 6.45) is -1.60. The Morgan fingerprint density at radius 1 is 1.25 bits per heavy atom. The predicted molar refractivity (Wildman–Crippen MR) is 81.4 cm³/mol. The van der Waals surface area contributed by atoms with Crippen molar-refractivity contribution in [3.63, 3.8) is 0 Å². The van der Waals surface area contributed by atoms with E-state index in [4.69, 9.17) is 4.74 Å². The fraction of sp³-hybridized carbons (Fsp3) is 0.267. The molecule has 1 unspecified atom stereocenters. The number of fused-ring (bicyclic) bond motifs is 1. The predicted octanol–water partition coefficient (Wildman–Crippen LogP) is 3.17. The zero-order chi connectivity index (χ0) is 17.2. The minimum absolute atomic E-state index is 0.168. The molecule has 0 aliphatic carbocycles. The van der Waals surface area contributed by atoms with Crippen LogP contribution in [0.5, 0.6) is 0 Å². The van der Waals surface area contributed by atoms with Gasteiger partial charge in [0.05, 0.1) is 24.5 Å². The first-order valence-corrected chi connectivity index (χ1v) is 7.05. The molecule has 6 nitrogen and oxygen atoms in total. The van der Waals surface area contributed by atoms with Crippen molar-refractivity contribution in [2.45, 2.75) is 12.2 Å². The van der Waals surface area contributed by atoms with E-state index >= 15 is 0 Å². The lowest BCUT2D eigenvalue weighted by Gasteiger charge is -2.20. The molecule has 0 fully saturated rings. The van der Waals surface area contributed by atoms with Gasteiger partial charge in [-0.1, -0.05) is 12.1 Å². The van der Waals surface area contributed by atoms with Crippen LogP contribution >= 0.6 is 0 Å². The van der Waals surface area contributed by atoms with E-state index in [0.29, 0.717) is 22.5 Å². The lowest BCUT2D eigenvalue weighted by Crippen LogP contribution is -2.18. The largest absolute Gasteiger partial charge is 0.416 e. The summed E-state index contributed by atoms with van der Waals surface area (Å²) >= 11 is 0. The molecule has 3 aromatic rings. The summed E-state index contributed by atoms with van der Waals surface area (Å²) in [4.78, 5) is 15.1. The van der Waals surface area contributed by atoms with Crippen molar-refractivity contribution in [2.75, 3.05) is 19.0 Å². The first kappa shape index (κ1) is 16.2. The Bertz CT molecular complexity index is 833.